The summed E-state index contributed by atoms with van der Waals surface area (Å²) in [5.74, 6) is 1.46. The van der Waals surface area contributed by atoms with E-state index in [1.165, 1.54) is 0 Å². The van der Waals surface area contributed by atoms with Crippen molar-refractivity contribution in [1.82, 2.24) is 10.3 Å². The first-order chi connectivity index (χ1) is 12.7. The van der Waals surface area contributed by atoms with Gasteiger partial charge in [-0.2, -0.15) is 0 Å². The summed E-state index contributed by atoms with van der Waals surface area (Å²) in [6, 6.07) is 19.0. The van der Waals surface area contributed by atoms with Crippen LogP contribution in [0, 0.1) is 0 Å². The van der Waals surface area contributed by atoms with Gasteiger partial charge >= 0.3 is 0 Å². The zero-order valence-electron chi connectivity index (χ0n) is 14.9. The van der Waals surface area contributed by atoms with Crippen molar-refractivity contribution < 1.29 is 14.3 Å². The van der Waals surface area contributed by atoms with Crippen LogP contribution >= 0.6 is 0 Å². The lowest BCUT2D eigenvalue weighted by Crippen LogP contribution is -2.30. The third-order valence-corrected chi connectivity index (χ3v) is 4.26. The third kappa shape index (κ3) is 4.25. The van der Waals surface area contributed by atoms with E-state index in [1.807, 2.05) is 48.5 Å². The van der Waals surface area contributed by atoms with Crippen LogP contribution in [0.3, 0.4) is 0 Å². The molecule has 0 spiro atoms. The molecule has 26 heavy (non-hydrogen) atoms. The maximum absolute atomic E-state index is 12.5. The van der Waals surface area contributed by atoms with Crippen molar-refractivity contribution in [2.75, 3.05) is 14.2 Å². The van der Waals surface area contributed by atoms with E-state index in [0.717, 1.165) is 22.6 Å². The molecule has 5 heteroatoms. The number of carbonyl (C=O) groups is 1. The molecule has 0 radical (unpaired) electrons. The van der Waals surface area contributed by atoms with Crippen LogP contribution in [0.5, 0.6) is 11.5 Å². The van der Waals surface area contributed by atoms with Crippen LogP contribution in [0.2, 0.25) is 0 Å². The van der Waals surface area contributed by atoms with E-state index in [-0.39, 0.29) is 11.9 Å². The first-order valence-corrected chi connectivity index (χ1v) is 8.40. The van der Waals surface area contributed by atoms with Gasteiger partial charge in [-0.05, 0) is 53.9 Å². The zero-order valence-corrected chi connectivity index (χ0v) is 14.9. The molecule has 1 atom stereocenters. The number of aromatic amines is 1. The fourth-order valence-electron chi connectivity index (χ4n) is 2.79. The molecule has 3 aromatic rings. The highest BCUT2D eigenvalue weighted by Crippen LogP contribution is 2.23. The summed E-state index contributed by atoms with van der Waals surface area (Å²) < 4.78 is 10.4. The third-order valence-electron chi connectivity index (χ3n) is 4.26. The molecule has 1 amide bonds. The first kappa shape index (κ1) is 17.6. The van der Waals surface area contributed by atoms with E-state index in [2.05, 4.69) is 10.3 Å². The molecule has 1 heterocycles. The van der Waals surface area contributed by atoms with Crippen LogP contribution in [0.15, 0.2) is 66.9 Å². The number of hydrogen-bond acceptors (Lipinski definition) is 3. The molecule has 2 N–H and O–H groups in total. The number of methoxy groups -OCH3 is 2. The van der Waals surface area contributed by atoms with Gasteiger partial charge in [-0.1, -0.05) is 24.3 Å². The Labute approximate surface area is 153 Å². The maximum Gasteiger partial charge on any atom is 0.268 e. The van der Waals surface area contributed by atoms with Crippen molar-refractivity contribution in [3.05, 3.63) is 83.7 Å². The second-order valence-corrected chi connectivity index (χ2v) is 5.94. The molecule has 0 aliphatic rings. The van der Waals surface area contributed by atoms with Gasteiger partial charge in [-0.25, -0.2) is 0 Å². The standard InChI is InChI=1S/C21H22N2O3/c1-25-17-9-5-15(6-10-17)14-20(16-7-11-18(26-2)12-8-16)23-21(24)19-4-3-13-22-19/h3-13,20,22H,14H2,1-2H3,(H,23,24). The van der Waals surface area contributed by atoms with Gasteiger partial charge in [0.2, 0.25) is 0 Å². The Balaban J connectivity index is 1.82. The van der Waals surface area contributed by atoms with Crippen LogP contribution in [0.25, 0.3) is 0 Å². The Morgan fingerprint density at radius 2 is 1.58 bits per heavy atom. The van der Waals surface area contributed by atoms with Crippen molar-refractivity contribution in [2.45, 2.75) is 12.5 Å². The average Bonchev–Trinajstić information content (AvgIpc) is 3.23. The fraction of sp³-hybridized carbons (Fsp3) is 0.190. The number of carbonyl (C=O) groups excluding carboxylic acids is 1. The summed E-state index contributed by atoms with van der Waals surface area (Å²) in [5, 5.41) is 3.11. The monoisotopic (exact) mass is 350 g/mol. The van der Waals surface area contributed by atoms with E-state index in [9.17, 15) is 4.79 Å². The molecule has 1 unspecified atom stereocenters. The zero-order chi connectivity index (χ0) is 18.4. The number of benzene rings is 2. The minimum atomic E-state index is -0.162. The number of aromatic nitrogens is 1. The van der Waals surface area contributed by atoms with Gasteiger partial charge in [-0.3, -0.25) is 4.79 Å². The largest absolute Gasteiger partial charge is 0.497 e. The number of hydrogen-bond donors (Lipinski definition) is 2. The van der Waals surface area contributed by atoms with E-state index in [1.54, 1.807) is 32.5 Å². The fourth-order valence-corrected chi connectivity index (χ4v) is 2.79. The van der Waals surface area contributed by atoms with Crippen molar-refractivity contribution in [3.63, 3.8) is 0 Å². The van der Waals surface area contributed by atoms with Gasteiger partial charge in [0.1, 0.15) is 17.2 Å². The van der Waals surface area contributed by atoms with Crippen LogP contribution in [-0.2, 0) is 6.42 Å². The summed E-state index contributed by atoms with van der Waals surface area (Å²) in [7, 11) is 3.28. The van der Waals surface area contributed by atoms with E-state index in [4.69, 9.17) is 9.47 Å². The Morgan fingerprint density at radius 1 is 0.962 bits per heavy atom. The number of rotatable bonds is 7. The number of amides is 1. The summed E-state index contributed by atoms with van der Waals surface area (Å²) >= 11 is 0. The quantitative estimate of drug-likeness (QED) is 0.682. The van der Waals surface area contributed by atoms with Crippen LogP contribution in [0.4, 0.5) is 0 Å². The van der Waals surface area contributed by atoms with Gasteiger partial charge in [0.05, 0.1) is 20.3 Å². The molecular weight excluding hydrogens is 328 g/mol. The highest BCUT2D eigenvalue weighted by atomic mass is 16.5. The SMILES string of the molecule is COc1ccc(CC(NC(=O)c2ccc[nH]2)c2ccc(OC)cc2)cc1. The molecule has 5 nitrogen and oxygen atoms in total. The first-order valence-electron chi connectivity index (χ1n) is 8.40. The molecule has 0 bridgehead atoms. The Hall–Kier alpha value is -3.21. The maximum atomic E-state index is 12.5. The Bertz CT molecular complexity index is 825. The van der Waals surface area contributed by atoms with Crippen molar-refractivity contribution in [1.29, 1.82) is 0 Å². The highest BCUT2D eigenvalue weighted by Gasteiger charge is 2.17. The van der Waals surface area contributed by atoms with E-state index in [0.29, 0.717) is 12.1 Å². The predicted octanol–water partition coefficient (Wildman–Crippen LogP) is 3.75. The van der Waals surface area contributed by atoms with Crippen LogP contribution in [0.1, 0.15) is 27.7 Å². The lowest BCUT2D eigenvalue weighted by molar-refractivity contribution is 0.0932. The molecule has 0 fully saturated rings. The molecule has 2 aromatic carbocycles. The summed E-state index contributed by atoms with van der Waals surface area (Å²) in [6.07, 6.45) is 2.41. The van der Waals surface area contributed by atoms with Gasteiger partial charge in [0.25, 0.3) is 5.91 Å². The van der Waals surface area contributed by atoms with Gasteiger partial charge in [-0.15, -0.1) is 0 Å². The molecular formula is C21H22N2O3. The summed E-state index contributed by atoms with van der Waals surface area (Å²) in [5.41, 5.74) is 2.66. The molecule has 0 aliphatic carbocycles. The molecule has 3 rings (SSSR count). The Morgan fingerprint density at radius 3 is 2.12 bits per heavy atom. The van der Waals surface area contributed by atoms with Crippen molar-refractivity contribution in [3.8, 4) is 11.5 Å². The van der Waals surface area contributed by atoms with E-state index < -0.39 is 0 Å². The lowest BCUT2D eigenvalue weighted by Gasteiger charge is -2.20. The second kappa shape index (κ2) is 8.25. The second-order valence-electron chi connectivity index (χ2n) is 5.94. The Kier molecular flexibility index (Phi) is 5.59. The number of H-pyrrole nitrogens is 1. The van der Waals surface area contributed by atoms with Crippen LogP contribution < -0.4 is 14.8 Å². The molecule has 134 valence electrons. The average molecular weight is 350 g/mol. The van der Waals surface area contributed by atoms with E-state index >= 15 is 0 Å². The van der Waals surface area contributed by atoms with Crippen molar-refractivity contribution >= 4 is 5.91 Å². The highest BCUT2D eigenvalue weighted by molar-refractivity contribution is 5.92. The molecule has 0 saturated heterocycles. The molecule has 1 aromatic heterocycles. The molecule has 0 saturated carbocycles. The van der Waals surface area contributed by atoms with Crippen LogP contribution in [-0.4, -0.2) is 25.1 Å². The smallest absolute Gasteiger partial charge is 0.268 e. The minimum Gasteiger partial charge on any atom is -0.497 e. The van der Waals surface area contributed by atoms with Gasteiger partial charge in [0.15, 0.2) is 0 Å². The number of ether oxygens (including phenoxy) is 2. The lowest BCUT2D eigenvalue weighted by atomic mass is 9.98. The summed E-state index contributed by atoms with van der Waals surface area (Å²) in [4.78, 5) is 15.5. The van der Waals surface area contributed by atoms with Crippen molar-refractivity contribution in [2.24, 2.45) is 0 Å². The number of nitrogens with one attached hydrogen (secondary N) is 2. The molecule has 0 aliphatic heterocycles. The topological polar surface area (TPSA) is 63.3 Å². The minimum absolute atomic E-state index is 0.135. The predicted molar refractivity (Wildman–Crippen MR) is 101 cm³/mol. The van der Waals surface area contributed by atoms with Gasteiger partial charge in [0, 0.05) is 6.20 Å². The van der Waals surface area contributed by atoms with Gasteiger partial charge < -0.3 is 19.8 Å². The summed E-state index contributed by atoms with van der Waals surface area (Å²) in [6.45, 7) is 0. The normalized spacial score (nSPS) is 11.6.